The molecule has 1 unspecified atom stereocenters. The Labute approximate surface area is 101 Å². The van der Waals surface area contributed by atoms with E-state index in [9.17, 15) is 9.90 Å². The molecule has 0 aromatic heterocycles. The Balaban J connectivity index is 1.63. The van der Waals surface area contributed by atoms with Gasteiger partial charge in [0, 0.05) is 0 Å². The second-order valence-corrected chi connectivity index (χ2v) is 4.41. The number of hydroxylamine groups is 1. The second kappa shape index (κ2) is 5.80. The molecule has 0 radical (unpaired) electrons. The van der Waals surface area contributed by atoms with E-state index in [0.717, 1.165) is 18.4 Å². The molecule has 1 atom stereocenters. The average Bonchev–Trinajstić information content (AvgIpc) is 3.14. The van der Waals surface area contributed by atoms with Gasteiger partial charge in [-0.2, -0.15) is 0 Å². The quantitative estimate of drug-likeness (QED) is 0.733. The van der Waals surface area contributed by atoms with Gasteiger partial charge in [0.15, 0.2) is 0 Å². The van der Waals surface area contributed by atoms with E-state index in [2.05, 4.69) is 5.48 Å². The van der Waals surface area contributed by atoms with E-state index in [1.807, 2.05) is 30.3 Å². The molecular formula is C13H17NO3. The number of benzene rings is 1. The zero-order valence-electron chi connectivity index (χ0n) is 9.63. The first-order valence-corrected chi connectivity index (χ1v) is 5.88. The van der Waals surface area contributed by atoms with Crippen molar-refractivity contribution in [3.63, 3.8) is 0 Å². The van der Waals surface area contributed by atoms with Gasteiger partial charge in [-0.15, -0.1) is 0 Å². The fourth-order valence-corrected chi connectivity index (χ4v) is 1.65. The number of aliphatic hydroxyl groups excluding tert-OH is 1. The maximum Gasteiger partial charge on any atom is 0.246 e. The van der Waals surface area contributed by atoms with Crippen LogP contribution in [0, 0.1) is 5.92 Å². The molecule has 2 rings (SSSR count). The third kappa shape index (κ3) is 4.17. The van der Waals surface area contributed by atoms with Gasteiger partial charge in [0.25, 0.3) is 0 Å². The smallest absolute Gasteiger partial charge is 0.246 e. The topological polar surface area (TPSA) is 58.6 Å². The van der Waals surface area contributed by atoms with Crippen LogP contribution in [0.2, 0.25) is 0 Å². The van der Waals surface area contributed by atoms with Gasteiger partial charge in [0.05, 0.1) is 19.1 Å². The molecule has 1 saturated carbocycles. The van der Waals surface area contributed by atoms with Crippen LogP contribution in [0.15, 0.2) is 30.3 Å². The lowest BCUT2D eigenvalue weighted by Crippen LogP contribution is -2.28. The molecule has 0 heterocycles. The van der Waals surface area contributed by atoms with Crippen LogP contribution in [0.4, 0.5) is 0 Å². The number of amides is 1. The monoisotopic (exact) mass is 235 g/mol. The van der Waals surface area contributed by atoms with Crippen molar-refractivity contribution in [2.24, 2.45) is 5.92 Å². The van der Waals surface area contributed by atoms with E-state index < -0.39 is 6.10 Å². The predicted molar refractivity (Wildman–Crippen MR) is 62.7 cm³/mol. The molecule has 1 aliphatic rings. The van der Waals surface area contributed by atoms with Gasteiger partial charge < -0.3 is 5.11 Å². The maximum absolute atomic E-state index is 11.4. The highest BCUT2D eigenvalue weighted by Crippen LogP contribution is 2.33. The fourth-order valence-electron chi connectivity index (χ4n) is 1.65. The maximum atomic E-state index is 11.4. The number of carbonyl (C=O) groups excluding carboxylic acids is 1. The number of hydrogen-bond acceptors (Lipinski definition) is 3. The zero-order valence-corrected chi connectivity index (χ0v) is 9.63. The molecule has 1 aliphatic carbocycles. The van der Waals surface area contributed by atoms with E-state index >= 15 is 0 Å². The summed E-state index contributed by atoms with van der Waals surface area (Å²) < 4.78 is 0. The number of nitrogens with one attached hydrogen (secondary N) is 1. The van der Waals surface area contributed by atoms with Gasteiger partial charge in [0.1, 0.15) is 0 Å². The summed E-state index contributed by atoms with van der Waals surface area (Å²) in [7, 11) is 0. The van der Waals surface area contributed by atoms with E-state index in [4.69, 9.17) is 4.84 Å². The highest BCUT2D eigenvalue weighted by molar-refractivity contribution is 5.75. The highest BCUT2D eigenvalue weighted by atomic mass is 16.6. The van der Waals surface area contributed by atoms with Crippen molar-refractivity contribution in [3.05, 3.63) is 35.9 Å². The summed E-state index contributed by atoms with van der Waals surface area (Å²) in [6, 6.07) is 9.60. The summed E-state index contributed by atoms with van der Waals surface area (Å²) in [5.41, 5.74) is 3.34. The molecule has 0 aliphatic heterocycles. The van der Waals surface area contributed by atoms with Crippen molar-refractivity contribution >= 4 is 5.91 Å². The molecule has 17 heavy (non-hydrogen) atoms. The van der Waals surface area contributed by atoms with Gasteiger partial charge in [-0.05, 0) is 24.3 Å². The summed E-state index contributed by atoms with van der Waals surface area (Å²) in [4.78, 5) is 16.5. The summed E-state index contributed by atoms with van der Waals surface area (Å²) in [6.45, 7) is 0.339. The number of carbonyl (C=O) groups is 1. The lowest BCUT2D eigenvalue weighted by molar-refractivity contribution is -0.136. The van der Waals surface area contributed by atoms with Crippen LogP contribution in [-0.2, 0) is 16.2 Å². The van der Waals surface area contributed by atoms with Crippen LogP contribution >= 0.6 is 0 Å². The highest BCUT2D eigenvalue weighted by Gasteiger charge is 2.31. The minimum Gasteiger partial charge on any atom is -0.392 e. The SMILES string of the molecule is O=C(CC(O)C1CC1)NOCc1ccccc1. The van der Waals surface area contributed by atoms with Crippen LogP contribution in [0.1, 0.15) is 24.8 Å². The molecule has 0 saturated heterocycles. The molecule has 0 spiro atoms. The second-order valence-electron chi connectivity index (χ2n) is 4.41. The van der Waals surface area contributed by atoms with Gasteiger partial charge >= 0.3 is 0 Å². The summed E-state index contributed by atoms with van der Waals surface area (Å²) in [6.07, 6.45) is 1.66. The Morgan fingerprint density at radius 2 is 2.12 bits per heavy atom. The number of rotatable bonds is 6. The Kier molecular flexibility index (Phi) is 4.12. The molecule has 1 aromatic rings. The van der Waals surface area contributed by atoms with Crippen LogP contribution in [0.5, 0.6) is 0 Å². The number of hydrogen-bond donors (Lipinski definition) is 2. The van der Waals surface area contributed by atoms with Crippen LogP contribution < -0.4 is 5.48 Å². The van der Waals surface area contributed by atoms with Crippen molar-refractivity contribution < 1.29 is 14.7 Å². The molecule has 1 amide bonds. The van der Waals surface area contributed by atoms with Gasteiger partial charge in [-0.25, -0.2) is 5.48 Å². The molecule has 92 valence electrons. The fraction of sp³-hybridized carbons (Fsp3) is 0.462. The number of aliphatic hydroxyl groups is 1. The van der Waals surface area contributed by atoms with Crippen molar-refractivity contribution in [2.75, 3.05) is 0 Å². The molecular weight excluding hydrogens is 218 g/mol. The summed E-state index contributed by atoms with van der Waals surface area (Å²) in [5, 5.41) is 9.56. The third-order valence-electron chi connectivity index (χ3n) is 2.83. The molecule has 4 nitrogen and oxygen atoms in total. The molecule has 0 bridgehead atoms. The summed E-state index contributed by atoms with van der Waals surface area (Å²) in [5.74, 6) is 0.0511. The van der Waals surface area contributed by atoms with Gasteiger partial charge in [0.2, 0.25) is 5.91 Å². The van der Waals surface area contributed by atoms with Crippen molar-refractivity contribution in [3.8, 4) is 0 Å². The van der Waals surface area contributed by atoms with Gasteiger partial charge in [-0.1, -0.05) is 30.3 Å². The van der Waals surface area contributed by atoms with E-state index in [1.165, 1.54) is 0 Å². The van der Waals surface area contributed by atoms with Crippen molar-refractivity contribution in [2.45, 2.75) is 32.0 Å². The zero-order chi connectivity index (χ0) is 12.1. The van der Waals surface area contributed by atoms with Crippen molar-refractivity contribution in [1.82, 2.24) is 5.48 Å². The van der Waals surface area contributed by atoms with E-state index in [1.54, 1.807) is 0 Å². The van der Waals surface area contributed by atoms with Crippen LogP contribution in [-0.4, -0.2) is 17.1 Å². The van der Waals surface area contributed by atoms with E-state index in [0.29, 0.717) is 12.5 Å². The van der Waals surface area contributed by atoms with Crippen LogP contribution in [0.25, 0.3) is 0 Å². The first-order valence-electron chi connectivity index (χ1n) is 5.88. The van der Waals surface area contributed by atoms with E-state index in [-0.39, 0.29) is 12.3 Å². The third-order valence-corrected chi connectivity index (χ3v) is 2.83. The average molecular weight is 235 g/mol. The minimum atomic E-state index is -0.518. The summed E-state index contributed by atoms with van der Waals surface area (Å²) >= 11 is 0. The predicted octanol–water partition coefficient (Wildman–Crippen LogP) is 1.40. The Morgan fingerprint density at radius 1 is 1.41 bits per heavy atom. The Hall–Kier alpha value is -1.39. The minimum absolute atomic E-state index is 0.124. The lowest BCUT2D eigenvalue weighted by Gasteiger charge is -2.09. The molecule has 4 heteroatoms. The lowest BCUT2D eigenvalue weighted by atomic mass is 10.1. The first-order chi connectivity index (χ1) is 8.25. The van der Waals surface area contributed by atoms with Crippen molar-refractivity contribution in [1.29, 1.82) is 0 Å². The van der Waals surface area contributed by atoms with Crippen LogP contribution in [0.3, 0.4) is 0 Å². The largest absolute Gasteiger partial charge is 0.392 e. The normalized spacial score (nSPS) is 16.5. The Morgan fingerprint density at radius 3 is 2.76 bits per heavy atom. The Bertz CT molecular complexity index is 362. The molecule has 1 aromatic carbocycles. The molecule has 2 N–H and O–H groups in total. The molecule has 1 fully saturated rings. The van der Waals surface area contributed by atoms with Gasteiger partial charge in [-0.3, -0.25) is 9.63 Å². The standard InChI is InChI=1S/C13H17NO3/c15-12(11-6-7-11)8-13(16)14-17-9-10-4-2-1-3-5-10/h1-5,11-12,15H,6-9H2,(H,14,16). The first kappa shape index (κ1) is 12.1.